The second-order valence-electron chi connectivity index (χ2n) is 8.34. The zero-order valence-corrected chi connectivity index (χ0v) is 17.4. The van der Waals surface area contributed by atoms with E-state index in [4.69, 9.17) is 0 Å². The molecule has 1 saturated heterocycles. The SMILES string of the molecule is CC(C)(C)C(=O)N1CCN(c2ccc(NC(=O)c3cccc([N+](=O)[O-])c3)cc2)CC1. The first kappa shape index (κ1) is 21.3. The number of nitro groups is 1. The summed E-state index contributed by atoms with van der Waals surface area (Å²) >= 11 is 0. The van der Waals surface area contributed by atoms with Gasteiger partial charge in [-0.2, -0.15) is 0 Å². The van der Waals surface area contributed by atoms with Gasteiger partial charge >= 0.3 is 0 Å². The number of carbonyl (C=O) groups excluding carboxylic acids is 2. The number of hydrogen-bond donors (Lipinski definition) is 1. The van der Waals surface area contributed by atoms with E-state index in [0.717, 1.165) is 18.8 Å². The van der Waals surface area contributed by atoms with Crippen LogP contribution in [0.2, 0.25) is 0 Å². The molecule has 0 saturated carbocycles. The zero-order chi connectivity index (χ0) is 21.9. The summed E-state index contributed by atoms with van der Waals surface area (Å²) in [5.41, 5.74) is 1.36. The van der Waals surface area contributed by atoms with E-state index in [-0.39, 0.29) is 22.6 Å². The third kappa shape index (κ3) is 4.94. The Labute approximate surface area is 175 Å². The minimum atomic E-state index is -0.527. The van der Waals surface area contributed by atoms with Crippen LogP contribution in [0.15, 0.2) is 48.5 Å². The first-order chi connectivity index (χ1) is 14.1. The monoisotopic (exact) mass is 410 g/mol. The highest BCUT2D eigenvalue weighted by Crippen LogP contribution is 2.23. The highest BCUT2D eigenvalue weighted by atomic mass is 16.6. The van der Waals surface area contributed by atoms with Crippen LogP contribution in [0, 0.1) is 15.5 Å². The van der Waals surface area contributed by atoms with Crippen molar-refractivity contribution < 1.29 is 14.5 Å². The molecule has 1 aliphatic heterocycles. The number of anilines is 2. The van der Waals surface area contributed by atoms with Gasteiger partial charge in [0, 0.05) is 60.7 Å². The van der Waals surface area contributed by atoms with Gasteiger partial charge in [-0.05, 0) is 30.3 Å². The number of benzene rings is 2. The first-order valence-electron chi connectivity index (χ1n) is 9.85. The maximum absolute atomic E-state index is 12.4. The Morgan fingerprint density at radius 1 is 1.00 bits per heavy atom. The van der Waals surface area contributed by atoms with E-state index in [2.05, 4.69) is 10.2 Å². The topological polar surface area (TPSA) is 95.8 Å². The van der Waals surface area contributed by atoms with E-state index in [1.807, 2.05) is 37.8 Å². The zero-order valence-electron chi connectivity index (χ0n) is 17.4. The molecule has 2 aromatic rings. The molecule has 0 atom stereocenters. The Hall–Kier alpha value is -3.42. The number of non-ortho nitro benzene ring substituents is 1. The highest BCUT2D eigenvalue weighted by Gasteiger charge is 2.29. The van der Waals surface area contributed by atoms with Crippen LogP contribution in [0.4, 0.5) is 17.1 Å². The molecule has 2 amide bonds. The third-order valence-electron chi connectivity index (χ3n) is 5.02. The molecule has 8 heteroatoms. The Bertz CT molecular complexity index is 942. The van der Waals surface area contributed by atoms with Crippen LogP contribution < -0.4 is 10.2 Å². The van der Waals surface area contributed by atoms with Crippen molar-refractivity contribution in [3.05, 3.63) is 64.2 Å². The normalized spacial score (nSPS) is 14.4. The summed E-state index contributed by atoms with van der Waals surface area (Å²) in [4.78, 5) is 39.3. The molecule has 1 aliphatic rings. The van der Waals surface area contributed by atoms with Gasteiger partial charge in [0.2, 0.25) is 5.91 Å². The van der Waals surface area contributed by atoms with Crippen molar-refractivity contribution in [2.75, 3.05) is 36.4 Å². The standard InChI is InChI=1S/C22H26N4O4/c1-22(2,3)21(28)25-13-11-24(12-14-25)18-9-7-17(8-10-18)23-20(27)16-5-4-6-19(15-16)26(29)30/h4-10,15H,11-14H2,1-3H3,(H,23,27). The minimum Gasteiger partial charge on any atom is -0.368 e. The Morgan fingerprint density at radius 3 is 2.20 bits per heavy atom. The molecule has 1 heterocycles. The summed E-state index contributed by atoms with van der Waals surface area (Å²) in [6.45, 7) is 8.66. The molecular formula is C22H26N4O4. The predicted molar refractivity (Wildman–Crippen MR) is 116 cm³/mol. The lowest BCUT2D eigenvalue weighted by Crippen LogP contribution is -2.51. The average Bonchev–Trinajstić information content (AvgIpc) is 2.73. The van der Waals surface area contributed by atoms with Gasteiger partial charge in [0.25, 0.3) is 11.6 Å². The Morgan fingerprint density at radius 2 is 1.63 bits per heavy atom. The highest BCUT2D eigenvalue weighted by molar-refractivity contribution is 6.04. The van der Waals surface area contributed by atoms with Gasteiger partial charge in [-0.3, -0.25) is 19.7 Å². The molecule has 0 spiro atoms. The number of hydrogen-bond acceptors (Lipinski definition) is 5. The molecule has 8 nitrogen and oxygen atoms in total. The Balaban J connectivity index is 1.59. The molecule has 0 aromatic heterocycles. The number of nitro benzene ring substituents is 1. The van der Waals surface area contributed by atoms with Crippen molar-refractivity contribution in [1.82, 2.24) is 4.90 Å². The number of piperazine rings is 1. The van der Waals surface area contributed by atoms with Gasteiger partial charge in [-0.1, -0.05) is 26.8 Å². The van der Waals surface area contributed by atoms with Gasteiger partial charge < -0.3 is 15.1 Å². The van der Waals surface area contributed by atoms with E-state index >= 15 is 0 Å². The molecule has 0 aliphatic carbocycles. The molecule has 0 bridgehead atoms. The summed E-state index contributed by atoms with van der Waals surface area (Å²) in [5.74, 6) is -0.234. The minimum absolute atomic E-state index is 0.123. The van der Waals surface area contributed by atoms with Crippen LogP contribution in [0.5, 0.6) is 0 Å². The van der Waals surface area contributed by atoms with Gasteiger partial charge in [-0.25, -0.2) is 0 Å². The smallest absolute Gasteiger partial charge is 0.270 e. The van der Waals surface area contributed by atoms with E-state index in [9.17, 15) is 19.7 Å². The Kier molecular flexibility index (Phi) is 6.05. The van der Waals surface area contributed by atoms with E-state index in [0.29, 0.717) is 18.8 Å². The van der Waals surface area contributed by atoms with Crippen LogP contribution in [-0.4, -0.2) is 47.8 Å². The number of nitrogens with one attached hydrogen (secondary N) is 1. The third-order valence-corrected chi connectivity index (χ3v) is 5.02. The van der Waals surface area contributed by atoms with Gasteiger partial charge in [0.15, 0.2) is 0 Å². The molecule has 3 rings (SSSR count). The van der Waals surface area contributed by atoms with E-state index in [1.54, 1.807) is 12.1 Å². The average molecular weight is 410 g/mol. The summed E-state index contributed by atoms with van der Waals surface area (Å²) in [6, 6.07) is 13.1. The lowest BCUT2D eigenvalue weighted by Gasteiger charge is -2.38. The predicted octanol–water partition coefficient (Wildman–Crippen LogP) is 3.54. The van der Waals surface area contributed by atoms with E-state index in [1.165, 1.54) is 24.3 Å². The van der Waals surface area contributed by atoms with Crippen molar-refractivity contribution in [1.29, 1.82) is 0 Å². The fourth-order valence-electron chi connectivity index (χ4n) is 3.36. The van der Waals surface area contributed by atoms with Gasteiger partial charge in [0.05, 0.1) is 4.92 Å². The summed E-state index contributed by atoms with van der Waals surface area (Å²) in [5, 5.41) is 13.6. The number of amides is 2. The second-order valence-corrected chi connectivity index (χ2v) is 8.34. The summed E-state index contributed by atoms with van der Waals surface area (Å²) in [7, 11) is 0. The van der Waals surface area contributed by atoms with Crippen molar-refractivity contribution in [3.8, 4) is 0 Å². The van der Waals surface area contributed by atoms with Gasteiger partial charge in [-0.15, -0.1) is 0 Å². The molecule has 1 fully saturated rings. The number of rotatable bonds is 4. The van der Waals surface area contributed by atoms with Crippen molar-refractivity contribution in [3.63, 3.8) is 0 Å². The fraction of sp³-hybridized carbons (Fsp3) is 0.364. The quantitative estimate of drug-likeness (QED) is 0.614. The molecular weight excluding hydrogens is 384 g/mol. The molecule has 158 valence electrons. The number of carbonyl (C=O) groups is 2. The first-order valence-corrected chi connectivity index (χ1v) is 9.85. The molecule has 1 N–H and O–H groups in total. The van der Waals surface area contributed by atoms with Crippen molar-refractivity contribution in [2.24, 2.45) is 5.41 Å². The summed E-state index contributed by atoms with van der Waals surface area (Å²) in [6.07, 6.45) is 0. The van der Waals surface area contributed by atoms with E-state index < -0.39 is 10.8 Å². The van der Waals surface area contributed by atoms with Crippen LogP contribution in [0.1, 0.15) is 31.1 Å². The maximum Gasteiger partial charge on any atom is 0.270 e. The molecule has 2 aromatic carbocycles. The second kappa shape index (κ2) is 8.52. The van der Waals surface area contributed by atoms with Crippen LogP contribution in [-0.2, 0) is 4.79 Å². The fourth-order valence-corrected chi connectivity index (χ4v) is 3.36. The molecule has 0 radical (unpaired) electrons. The number of nitrogens with zero attached hydrogens (tertiary/aromatic N) is 3. The van der Waals surface area contributed by atoms with Gasteiger partial charge in [0.1, 0.15) is 0 Å². The molecule has 30 heavy (non-hydrogen) atoms. The summed E-state index contributed by atoms with van der Waals surface area (Å²) < 4.78 is 0. The van der Waals surface area contributed by atoms with Crippen LogP contribution in [0.3, 0.4) is 0 Å². The van der Waals surface area contributed by atoms with Crippen molar-refractivity contribution >= 4 is 28.9 Å². The lowest BCUT2D eigenvalue weighted by atomic mass is 9.94. The van der Waals surface area contributed by atoms with Crippen LogP contribution in [0.25, 0.3) is 0 Å². The maximum atomic E-state index is 12.4. The lowest BCUT2D eigenvalue weighted by molar-refractivity contribution is -0.384. The largest absolute Gasteiger partial charge is 0.368 e. The van der Waals surface area contributed by atoms with Crippen molar-refractivity contribution in [2.45, 2.75) is 20.8 Å². The van der Waals surface area contributed by atoms with Crippen LogP contribution >= 0.6 is 0 Å². The molecule has 0 unspecified atom stereocenters.